The fourth-order valence-corrected chi connectivity index (χ4v) is 2.00. The van der Waals surface area contributed by atoms with E-state index in [0.717, 1.165) is 0 Å². The molecule has 0 aromatic carbocycles. The van der Waals surface area contributed by atoms with Gasteiger partial charge in [0.05, 0.1) is 11.5 Å². The van der Waals surface area contributed by atoms with E-state index in [1.807, 2.05) is 0 Å². The summed E-state index contributed by atoms with van der Waals surface area (Å²) in [6.07, 6.45) is 0.283. The molecule has 0 bridgehead atoms. The number of aliphatic hydroxyl groups is 1. The van der Waals surface area contributed by atoms with Crippen molar-refractivity contribution in [1.82, 2.24) is 9.80 Å². The molecular formula is C11H20N2O3. The summed E-state index contributed by atoms with van der Waals surface area (Å²) in [5.74, 6) is -0.320. The number of carbonyl (C=O) groups is 2. The van der Waals surface area contributed by atoms with Crippen molar-refractivity contribution in [1.29, 1.82) is 0 Å². The molecule has 5 nitrogen and oxygen atoms in total. The average molecular weight is 228 g/mol. The normalized spacial score (nSPS) is 21.4. The van der Waals surface area contributed by atoms with Crippen molar-refractivity contribution in [2.45, 2.75) is 25.9 Å². The van der Waals surface area contributed by atoms with Crippen LogP contribution in [-0.4, -0.2) is 59.5 Å². The first-order valence-electron chi connectivity index (χ1n) is 5.42. The largest absolute Gasteiger partial charge is 0.389 e. The van der Waals surface area contributed by atoms with E-state index in [0.29, 0.717) is 6.54 Å². The fraction of sp³-hybridized carbons (Fsp3) is 0.818. The molecule has 2 amide bonds. The molecule has 1 aliphatic heterocycles. The summed E-state index contributed by atoms with van der Waals surface area (Å²) < 4.78 is 0. The third-order valence-electron chi connectivity index (χ3n) is 2.69. The first kappa shape index (κ1) is 13.0. The minimum Gasteiger partial charge on any atom is -0.389 e. The smallest absolute Gasteiger partial charge is 0.227 e. The van der Waals surface area contributed by atoms with E-state index in [2.05, 4.69) is 0 Å². The van der Waals surface area contributed by atoms with Crippen LogP contribution in [0.2, 0.25) is 0 Å². The lowest BCUT2D eigenvalue weighted by molar-refractivity contribution is -0.137. The topological polar surface area (TPSA) is 60.9 Å². The number of likely N-dealkylation sites (tertiary alicyclic amines) is 1. The van der Waals surface area contributed by atoms with Gasteiger partial charge in [0.2, 0.25) is 11.8 Å². The maximum Gasteiger partial charge on any atom is 0.227 e. The Morgan fingerprint density at radius 3 is 2.56 bits per heavy atom. The van der Waals surface area contributed by atoms with Gasteiger partial charge >= 0.3 is 0 Å². The third-order valence-corrected chi connectivity index (χ3v) is 2.69. The lowest BCUT2D eigenvalue weighted by atomic mass is 10.1. The maximum atomic E-state index is 12.0. The molecule has 1 heterocycles. The Morgan fingerprint density at radius 2 is 2.19 bits per heavy atom. The van der Waals surface area contributed by atoms with Crippen LogP contribution >= 0.6 is 0 Å². The molecule has 0 aromatic heterocycles. The highest BCUT2D eigenvalue weighted by Gasteiger charge is 2.34. The van der Waals surface area contributed by atoms with Crippen LogP contribution in [0.5, 0.6) is 0 Å². The van der Waals surface area contributed by atoms with Crippen molar-refractivity contribution < 1.29 is 14.7 Å². The Kier molecular flexibility index (Phi) is 3.57. The Balaban J connectivity index is 2.55. The van der Waals surface area contributed by atoms with E-state index in [1.54, 1.807) is 32.8 Å². The highest BCUT2D eigenvalue weighted by atomic mass is 16.3. The van der Waals surface area contributed by atoms with Crippen LogP contribution in [0.25, 0.3) is 0 Å². The summed E-state index contributed by atoms with van der Waals surface area (Å²) in [5.41, 5.74) is -0.904. The van der Waals surface area contributed by atoms with Gasteiger partial charge in [-0.25, -0.2) is 0 Å². The summed E-state index contributed by atoms with van der Waals surface area (Å²) in [6, 6.07) is 0. The number of amides is 2. The van der Waals surface area contributed by atoms with Crippen molar-refractivity contribution in [3.63, 3.8) is 0 Å². The summed E-state index contributed by atoms with van der Waals surface area (Å²) >= 11 is 0. The minimum atomic E-state index is -0.904. The van der Waals surface area contributed by atoms with Crippen LogP contribution < -0.4 is 0 Å². The van der Waals surface area contributed by atoms with Crippen LogP contribution in [0.4, 0.5) is 0 Å². The van der Waals surface area contributed by atoms with Crippen LogP contribution in [-0.2, 0) is 9.59 Å². The zero-order valence-corrected chi connectivity index (χ0v) is 10.4. The molecule has 0 spiro atoms. The van der Waals surface area contributed by atoms with Gasteiger partial charge in [0.15, 0.2) is 0 Å². The molecule has 1 N–H and O–H groups in total. The molecule has 1 aliphatic rings. The highest BCUT2D eigenvalue weighted by Crippen LogP contribution is 2.18. The summed E-state index contributed by atoms with van der Waals surface area (Å²) in [6.45, 7) is 4.07. The van der Waals surface area contributed by atoms with Crippen LogP contribution in [0.15, 0.2) is 0 Å². The summed E-state index contributed by atoms with van der Waals surface area (Å²) in [4.78, 5) is 26.3. The molecular weight excluding hydrogens is 208 g/mol. The van der Waals surface area contributed by atoms with Gasteiger partial charge in [-0.2, -0.15) is 0 Å². The summed E-state index contributed by atoms with van der Waals surface area (Å²) in [7, 11) is 3.36. The van der Waals surface area contributed by atoms with Crippen molar-refractivity contribution in [3.05, 3.63) is 0 Å². The lowest BCUT2D eigenvalue weighted by Crippen LogP contribution is -2.42. The van der Waals surface area contributed by atoms with Crippen LogP contribution in [0.3, 0.4) is 0 Å². The number of rotatable bonds is 3. The Bertz CT molecular complexity index is 296. The first-order chi connectivity index (χ1) is 7.20. The monoisotopic (exact) mass is 228 g/mol. The number of carbonyl (C=O) groups excluding carboxylic acids is 2. The second-order valence-electron chi connectivity index (χ2n) is 5.18. The van der Waals surface area contributed by atoms with Gasteiger partial charge < -0.3 is 14.9 Å². The highest BCUT2D eigenvalue weighted by molar-refractivity contribution is 5.89. The minimum absolute atomic E-state index is 0.00927. The Hall–Kier alpha value is -1.10. The fourth-order valence-electron chi connectivity index (χ4n) is 2.00. The number of nitrogens with zero attached hydrogens (tertiary/aromatic N) is 2. The van der Waals surface area contributed by atoms with E-state index in [9.17, 15) is 14.7 Å². The lowest BCUT2D eigenvalue weighted by Gasteiger charge is -2.27. The molecule has 5 heteroatoms. The van der Waals surface area contributed by atoms with E-state index in [4.69, 9.17) is 0 Å². The van der Waals surface area contributed by atoms with E-state index < -0.39 is 5.60 Å². The van der Waals surface area contributed by atoms with Gasteiger partial charge in [0.1, 0.15) is 0 Å². The Labute approximate surface area is 96.0 Å². The summed E-state index contributed by atoms with van der Waals surface area (Å²) in [5, 5.41) is 9.61. The molecule has 1 unspecified atom stereocenters. The molecule has 1 saturated heterocycles. The molecule has 0 aromatic rings. The van der Waals surface area contributed by atoms with Crippen molar-refractivity contribution >= 4 is 11.8 Å². The molecule has 0 saturated carbocycles. The number of hydrogen-bond donors (Lipinski definition) is 1. The second-order valence-corrected chi connectivity index (χ2v) is 5.18. The Morgan fingerprint density at radius 1 is 1.62 bits per heavy atom. The molecule has 0 aliphatic carbocycles. The zero-order chi connectivity index (χ0) is 12.5. The third kappa shape index (κ3) is 3.20. The first-order valence-corrected chi connectivity index (χ1v) is 5.42. The zero-order valence-electron chi connectivity index (χ0n) is 10.4. The quantitative estimate of drug-likeness (QED) is 0.721. The van der Waals surface area contributed by atoms with Gasteiger partial charge in [0.25, 0.3) is 0 Å². The molecule has 16 heavy (non-hydrogen) atoms. The van der Waals surface area contributed by atoms with E-state index in [-0.39, 0.29) is 30.7 Å². The van der Waals surface area contributed by atoms with Gasteiger partial charge in [-0.15, -0.1) is 0 Å². The predicted octanol–water partition coefficient (Wildman–Crippen LogP) is -0.306. The predicted molar refractivity (Wildman–Crippen MR) is 59.7 cm³/mol. The van der Waals surface area contributed by atoms with Gasteiger partial charge in [-0.05, 0) is 13.8 Å². The van der Waals surface area contributed by atoms with Crippen molar-refractivity contribution in [3.8, 4) is 0 Å². The standard InChI is InChI=1S/C11H20N2O3/c1-11(2,16)7-13(4)10(15)8-5-9(14)12(3)6-8/h8,16H,5-7H2,1-4H3. The van der Waals surface area contributed by atoms with Gasteiger partial charge in [-0.3, -0.25) is 9.59 Å². The van der Waals surface area contributed by atoms with E-state index >= 15 is 0 Å². The van der Waals surface area contributed by atoms with Crippen molar-refractivity contribution in [2.24, 2.45) is 5.92 Å². The SMILES string of the molecule is CN1CC(C(=O)N(C)CC(C)(C)O)CC1=O. The van der Waals surface area contributed by atoms with E-state index in [1.165, 1.54) is 4.90 Å². The van der Waals surface area contributed by atoms with Crippen LogP contribution in [0.1, 0.15) is 20.3 Å². The van der Waals surface area contributed by atoms with Gasteiger partial charge in [0, 0.05) is 33.6 Å². The molecule has 92 valence electrons. The molecule has 1 atom stereocenters. The average Bonchev–Trinajstić information content (AvgIpc) is 2.43. The molecule has 1 rings (SSSR count). The van der Waals surface area contributed by atoms with Crippen molar-refractivity contribution in [2.75, 3.05) is 27.2 Å². The maximum absolute atomic E-state index is 12.0. The second kappa shape index (κ2) is 4.41. The van der Waals surface area contributed by atoms with Gasteiger partial charge in [-0.1, -0.05) is 0 Å². The number of likely N-dealkylation sites (N-methyl/N-ethyl adjacent to an activating group) is 1. The molecule has 1 fully saturated rings. The number of hydrogen-bond acceptors (Lipinski definition) is 3. The van der Waals surface area contributed by atoms with Crippen LogP contribution in [0, 0.1) is 5.92 Å². The molecule has 0 radical (unpaired) electrons.